The maximum absolute atomic E-state index is 12.2. The van der Waals surface area contributed by atoms with Crippen LogP contribution in [0.2, 0.25) is 0 Å². The van der Waals surface area contributed by atoms with Crippen molar-refractivity contribution in [3.8, 4) is 34.5 Å². The van der Waals surface area contributed by atoms with E-state index in [4.69, 9.17) is 48.1 Å². The molecule has 149 heavy (non-hydrogen) atoms. The number of methoxy groups -OCH3 is 6. The number of ether oxygens (including phenoxy) is 7. The fraction of sp³-hybridized carbons (Fsp3) is 0.387. The smallest absolute Gasteiger partial charge is 0.242 e. The molecule has 13 aliphatic rings. The number of likely N-dealkylation sites (N-methyl/N-ethyl adjacent to an activating group) is 3. The predicted molar refractivity (Wildman–Crippen MR) is 574 cm³/mol. The van der Waals surface area contributed by atoms with Gasteiger partial charge in [0.2, 0.25) is 11.8 Å². The number of aliphatic imine (C=N–C) groups is 6. The molecule has 1 atom stereocenters. The second-order valence-corrected chi connectivity index (χ2v) is 38.0. The van der Waals surface area contributed by atoms with Gasteiger partial charge in [-0.25, -0.2) is 59.8 Å². The van der Waals surface area contributed by atoms with E-state index < -0.39 is 0 Å². The van der Waals surface area contributed by atoms with Crippen LogP contribution < -0.4 is 63.1 Å². The topological polar surface area (TPSA) is 372 Å². The van der Waals surface area contributed by atoms with Crippen LogP contribution in [-0.2, 0) is 53.6 Å². The Hall–Kier alpha value is -15.8. The first-order chi connectivity index (χ1) is 73.0. The second-order valence-electron chi connectivity index (χ2n) is 38.0. The zero-order chi connectivity index (χ0) is 102. The average Bonchev–Trinajstić information content (AvgIpc) is 1.67. The molecule has 18 heterocycles. The summed E-state index contributed by atoms with van der Waals surface area (Å²) < 4.78 is 37.7. The lowest BCUT2D eigenvalue weighted by Crippen LogP contribution is -2.50. The first-order valence-corrected chi connectivity index (χ1v) is 51.1. The summed E-state index contributed by atoms with van der Waals surface area (Å²) in [5.41, 5.74) is 24.1. The third-order valence-electron chi connectivity index (χ3n) is 28.9. The van der Waals surface area contributed by atoms with Crippen LogP contribution in [0.15, 0.2) is 214 Å². The van der Waals surface area contributed by atoms with Crippen LogP contribution >= 0.6 is 0 Å². The van der Waals surface area contributed by atoms with Crippen molar-refractivity contribution in [3.05, 3.63) is 284 Å². The third-order valence-corrected chi connectivity index (χ3v) is 28.9. The van der Waals surface area contributed by atoms with Gasteiger partial charge in [0.1, 0.15) is 107 Å². The average molecular weight is 2010 g/mol. The van der Waals surface area contributed by atoms with E-state index in [2.05, 4.69) is 184 Å². The van der Waals surface area contributed by atoms with E-state index in [9.17, 15) is 9.59 Å². The first kappa shape index (κ1) is 100. The summed E-state index contributed by atoms with van der Waals surface area (Å²) in [6, 6.07) is 49.2. The lowest BCUT2D eigenvalue weighted by molar-refractivity contribution is -0.130. The van der Waals surface area contributed by atoms with Crippen molar-refractivity contribution in [2.24, 2.45) is 30.0 Å². The summed E-state index contributed by atoms with van der Waals surface area (Å²) in [5.74, 6) is 10.5. The highest BCUT2D eigenvalue weighted by Gasteiger charge is 2.35. The summed E-state index contributed by atoms with van der Waals surface area (Å²) >= 11 is 0. The lowest BCUT2D eigenvalue weighted by atomic mass is 10.0. The zero-order valence-electron chi connectivity index (χ0n) is 86.1. The number of hydrogen-bond donors (Lipinski definition) is 1. The van der Waals surface area contributed by atoms with E-state index in [0.717, 1.165) is 319 Å². The number of amides is 2. The molecule has 7 fully saturated rings. The number of nitrogens with one attached hydrogen (secondary N) is 1. The van der Waals surface area contributed by atoms with Gasteiger partial charge in [0.25, 0.3) is 0 Å². The minimum absolute atomic E-state index is 0.00898. The fourth-order valence-electron chi connectivity index (χ4n) is 20.1. The molecule has 6 aromatic heterocycles. The molecule has 6 aromatic carbocycles. The van der Waals surface area contributed by atoms with Crippen molar-refractivity contribution in [3.63, 3.8) is 0 Å². The molecule has 768 valence electrons. The quantitative estimate of drug-likeness (QED) is 0.0698. The number of nitrogens with zero attached hydrogens (tertiary/aromatic N) is 28. The van der Waals surface area contributed by atoms with Crippen molar-refractivity contribution in [2.45, 2.75) is 85.0 Å². The molecule has 38 nitrogen and oxygen atoms in total. The van der Waals surface area contributed by atoms with Gasteiger partial charge in [0, 0.05) is 200 Å². The van der Waals surface area contributed by atoms with Crippen LogP contribution in [0, 0.1) is 0 Å². The monoisotopic (exact) mass is 2010 g/mol. The fourth-order valence-corrected chi connectivity index (χ4v) is 20.1. The number of anilines is 6. The Balaban J connectivity index is 0.000000108. The number of morpholine rings is 1. The van der Waals surface area contributed by atoms with Gasteiger partial charge in [-0.15, -0.1) is 0 Å². The highest BCUT2D eigenvalue weighted by molar-refractivity contribution is 6.18. The zero-order valence-corrected chi connectivity index (χ0v) is 86.1. The van der Waals surface area contributed by atoms with E-state index >= 15 is 0 Å². The summed E-state index contributed by atoms with van der Waals surface area (Å²) in [4.78, 5) is 128. The number of carbonyl (C=O) groups excluding carboxylic acids is 2. The van der Waals surface area contributed by atoms with Gasteiger partial charge >= 0.3 is 0 Å². The minimum Gasteiger partial charge on any atom is -0.497 e. The van der Waals surface area contributed by atoms with Gasteiger partial charge < -0.3 is 82.6 Å². The molecule has 1 N–H and O–H groups in total. The number of fused-ring (bicyclic) bond motifs is 6. The van der Waals surface area contributed by atoms with Gasteiger partial charge in [-0.2, -0.15) is 0 Å². The molecule has 0 radical (unpaired) electrons. The van der Waals surface area contributed by atoms with E-state index in [1.807, 2.05) is 119 Å². The normalized spacial score (nSPS) is 18.0. The summed E-state index contributed by atoms with van der Waals surface area (Å²) in [6.07, 6.45) is 12.6. The molecular formula is C111H125N29O9. The molecule has 1 aliphatic carbocycles. The van der Waals surface area contributed by atoms with Crippen LogP contribution in [0.1, 0.15) is 135 Å². The van der Waals surface area contributed by atoms with Crippen LogP contribution in [0.3, 0.4) is 0 Å². The molecule has 1 saturated carbocycles. The van der Waals surface area contributed by atoms with Crippen LogP contribution in [-0.4, -0.2) is 338 Å². The number of benzene rings is 6. The highest BCUT2D eigenvalue weighted by Crippen LogP contribution is 2.37. The molecule has 6 saturated heterocycles. The number of piperazine rings is 5. The Bertz CT molecular complexity index is 7070. The van der Waals surface area contributed by atoms with Gasteiger partial charge in [-0.05, 0) is 146 Å². The van der Waals surface area contributed by atoms with E-state index in [0.29, 0.717) is 58.9 Å². The molecule has 0 bridgehead atoms. The van der Waals surface area contributed by atoms with E-state index in [1.54, 1.807) is 74.3 Å². The van der Waals surface area contributed by atoms with Crippen molar-refractivity contribution < 1.29 is 42.7 Å². The van der Waals surface area contributed by atoms with Gasteiger partial charge in [-0.3, -0.25) is 44.4 Å². The Morgan fingerprint density at radius 3 is 0.906 bits per heavy atom. The second kappa shape index (κ2) is 46.5. The van der Waals surface area contributed by atoms with E-state index in [-0.39, 0.29) is 17.9 Å². The van der Waals surface area contributed by atoms with Gasteiger partial charge in [-0.1, -0.05) is 43.3 Å². The number of rotatable bonds is 21. The summed E-state index contributed by atoms with van der Waals surface area (Å²) in [7, 11) is 12.2. The molecule has 0 spiro atoms. The maximum atomic E-state index is 12.2. The molecular weight excluding hydrogens is 1880 g/mol. The van der Waals surface area contributed by atoms with Gasteiger partial charge in [0.05, 0.1) is 176 Å². The Morgan fingerprint density at radius 1 is 0.322 bits per heavy atom. The maximum Gasteiger partial charge on any atom is 0.242 e. The Morgan fingerprint density at radius 2 is 0.617 bits per heavy atom. The minimum atomic E-state index is 0.00898. The lowest BCUT2D eigenvalue weighted by Gasteiger charge is -2.35. The molecule has 0 unspecified atom stereocenters. The van der Waals surface area contributed by atoms with E-state index in [1.165, 1.54) is 41.4 Å². The van der Waals surface area contributed by atoms with Crippen LogP contribution in [0.25, 0.3) is 0 Å². The molecule has 38 heteroatoms. The largest absolute Gasteiger partial charge is 0.497 e. The van der Waals surface area contributed by atoms with Crippen LogP contribution in [0.4, 0.5) is 34.9 Å². The predicted octanol–water partition coefficient (Wildman–Crippen LogP) is 10.0. The summed E-state index contributed by atoms with van der Waals surface area (Å²) in [5, 5.41) is 2.82. The number of aromatic nitrogens is 12. The van der Waals surface area contributed by atoms with Crippen molar-refractivity contribution in [1.82, 2.24) is 84.7 Å². The number of carbonyl (C=O) groups is 2. The molecule has 25 rings (SSSR count). The highest BCUT2D eigenvalue weighted by atomic mass is 16.5. The molecule has 12 aliphatic heterocycles. The molecule has 2 amide bonds. The first-order valence-electron chi connectivity index (χ1n) is 51.1. The number of hydrogen-bond acceptors (Lipinski definition) is 36. The van der Waals surface area contributed by atoms with Crippen molar-refractivity contribution >= 4 is 81.0 Å². The molecule has 12 aromatic rings. The third kappa shape index (κ3) is 23.3. The van der Waals surface area contributed by atoms with Crippen molar-refractivity contribution in [2.75, 3.05) is 230 Å². The Kier molecular flexibility index (Phi) is 31.4. The SMILES string of the molecule is CCN1CCN(c2cc(C3=NCc4ccc(OC)cc43)ncn2)CC1.CCN1CCN(c2cc(C3=NCc4ccc(OC)cc43)ncn2)CC1=O.COc1ccc2c(c1)C(c1cc(N3CCN(C)CC3)ncn1)=NC2.COc1ccc2c(c1)C(c1cc(N3CCN(C4CC4)CC3)ncn1)=NC2.COc1ccc2c(c1)C(c1cc(N3CCNC(=O)C3)ncn1)=NC2.COc1ccc2c(c1)C(c1cc(N3CCO[C@H](C)C3)ncn1)=NC2. The summed E-state index contributed by atoms with van der Waals surface area (Å²) in [6.45, 7) is 30.7. The van der Waals surface area contributed by atoms with Crippen molar-refractivity contribution in [1.29, 1.82) is 0 Å². The Labute approximate surface area is 867 Å². The van der Waals surface area contributed by atoms with Gasteiger partial charge in [0.15, 0.2) is 0 Å². The van der Waals surface area contributed by atoms with Crippen LogP contribution in [0.5, 0.6) is 34.5 Å². The standard InChI is InChI=1S/C20H23N5O.C19H21N5O2.C19H23N5O.C18H21N5O.C18H20N4O2.C17H17N5O2/c1-26-16-5-2-14-12-21-20(17(14)10-16)18-11-19(23-13-22-18)25-8-6-24(7-9-25)15-3-4-15;1-3-23-6-7-24(11-18(23)25)17-9-16(21-12-22-17)19-15-8-14(26-2)5-4-13(15)10-20-19;1-3-23-6-8-24(9-7-23)18-11-17(21-13-22-18)19-16-10-15(25-2)5-4-14(16)12-20-19;1-22-5-7-23(8-6-22)17-10-16(20-12-21-17)18-15-9-14(24-2)4-3-13(15)11-19-18;1-12-10-22(5-6-24-12)17-8-16(20-11-21-17)18-15-7-14(23-2)4-3-13(15)9-19-18;1-24-12-3-2-11-8-19-17(13(11)6-12)14-7-15(21-10-20-14)22-5-4-18-16(23)9-22/h2,5,10-11,13,15H,3-4,6-9,12H2,1H3;4-5,8-9,12H,3,6-7,10-11H2,1-2H3;4-5,10-11,13H,3,6-9,12H2,1-2H3;3-4,9-10,12H,5-8,11H2,1-2H3;3-4,7-8,11-12H,5-6,9-10H2,1-2H3;2-3,6-7,10H,4-5,8-9H2,1H3,(H,18,23)/t;;;;12-;/m....1./s1.